The highest BCUT2D eigenvalue weighted by atomic mass is 16.7. The molecule has 1 unspecified atom stereocenters. The predicted octanol–water partition coefficient (Wildman–Crippen LogP) is 3.72. The minimum Gasteiger partial charge on any atom is -0.478 e. The third kappa shape index (κ3) is 2.34. The van der Waals surface area contributed by atoms with Gasteiger partial charge in [0, 0.05) is 25.2 Å². The fraction of sp³-hybridized carbons (Fsp3) is 0.381. The van der Waals surface area contributed by atoms with Crippen LogP contribution in [0.15, 0.2) is 59.0 Å². The van der Waals surface area contributed by atoms with Crippen LogP contribution in [0.4, 0.5) is 0 Å². The molecule has 0 radical (unpaired) electrons. The maximum atomic E-state index is 11.5. The predicted molar refractivity (Wildman–Crippen MR) is 97.5 cm³/mol. The molecule has 1 atom stereocenters. The second-order valence-electron chi connectivity index (χ2n) is 7.35. The van der Waals surface area contributed by atoms with E-state index in [1.54, 1.807) is 18.2 Å². The minimum absolute atomic E-state index is 0.211. The van der Waals surface area contributed by atoms with Gasteiger partial charge in [-0.05, 0) is 49.0 Å². The summed E-state index contributed by atoms with van der Waals surface area (Å²) in [5.74, 6) is -0.534. The molecule has 0 saturated carbocycles. The molecule has 1 aliphatic carbocycles. The molecule has 5 rings (SSSR count). The molecule has 0 amide bonds. The maximum Gasteiger partial charge on any atom is 0.339 e. The van der Waals surface area contributed by atoms with Crippen molar-refractivity contribution in [1.82, 2.24) is 9.96 Å². The Morgan fingerprint density at radius 2 is 2.04 bits per heavy atom. The van der Waals surface area contributed by atoms with E-state index in [1.165, 1.54) is 29.0 Å². The van der Waals surface area contributed by atoms with Gasteiger partial charge >= 0.3 is 5.97 Å². The molecular formula is C21H22N2O3. The maximum absolute atomic E-state index is 11.5. The number of carboxylic acids is 1. The van der Waals surface area contributed by atoms with Crippen molar-refractivity contribution in [2.75, 3.05) is 13.1 Å². The number of carboxylic acid groups (broad SMARTS) is 1. The molecule has 0 saturated heterocycles. The van der Waals surface area contributed by atoms with Crippen molar-refractivity contribution >= 4 is 5.97 Å². The zero-order valence-corrected chi connectivity index (χ0v) is 14.6. The lowest BCUT2D eigenvalue weighted by molar-refractivity contribution is -0.0638. The van der Waals surface area contributed by atoms with E-state index in [9.17, 15) is 9.90 Å². The van der Waals surface area contributed by atoms with Crippen LogP contribution in [0.25, 0.3) is 0 Å². The average Bonchev–Trinajstić information content (AvgIpc) is 2.89. The van der Waals surface area contributed by atoms with Gasteiger partial charge in [0.25, 0.3) is 0 Å². The number of rotatable bonds is 3. The van der Waals surface area contributed by atoms with Crippen molar-refractivity contribution in [1.29, 1.82) is 0 Å². The first kappa shape index (κ1) is 15.6. The van der Waals surface area contributed by atoms with Gasteiger partial charge < -0.3 is 14.8 Å². The lowest BCUT2D eigenvalue weighted by atomic mass is 9.91. The lowest BCUT2D eigenvalue weighted by Crippen LogP contribution is -2.44. The minimum atomic E-state index is -0.955. The molecule has 1 N–H and O–H groups in total. The Morgan fingerprint density at radius 1 is 1.19 bits per heavy atom. The number of hydroxylamine groups is 2. The topological polar surface area (TPSA) is 53.0 Å². The van der Waals surface area contributed by atoms with Crippen molar-refractivity contribution in [3.8, 4) is 5.75 Å². The number of hydrogen-bond acceptors (Lipinski definition) is 4. The molecule has 0 spiro atoms. The van der Waals surface area contributed by atoms with Crippen LogP contribution in [0.1, 0.15) is 42.5 Å². The molecule has 3 heterocycles. The van der Waals surface area contributed by atoms with E-state index in [0.717, 1.165) is 38.8 Å². The van der Waals surface area contributed by atoms with E-state index in [2.05, 4.69) is 17.1 Å². The highest BCUT2D eigenvalue weighted by Crippen LogP contribution is 2.47. The summed E-state index contributed by atoms with van der Waals surface area (Å²) in [6.45, 7) is 2.02. The summed E-state index contributed by atoms with van der Waals surface area (Å²) in [4.78, 5) is 20.3. The Morgan fingerprint density at radius 3 is 2.92 bits per heavy atom. The Kier molecular flexibility index (Phi) is 3.55. The van der Waals surface area contributed by atoms with Gasteiger partial charge in [-0.15, -0.1) is 0 Å². The highest BCUT2D eigenvalue weighted by Gasteiger charge is 2.42. The summed E-state index contributed by atoms with van der Waals surface area (Å²) in [5, 5.41) is 11.5. The van der Waals surface area contributed by atoms with E-state index in [0.29, 0.717) is 5.75 Å². The first-order chi connectivity index (χ1) is 12.7. The Labute approximate surface area is 152 Å². The molecular weight excluding hydrogens is 328 g/mol. The SMILES string of the molecule is O=C(O)c1ccccc1ON1C2=C3CC1CN1CCCC=CC3=C1CC2. The number of fused-ring (bicyclic) bond motifs is 1. The molecule has 0 aromatic heterocycles. The summed E-state index contributed by atoms with van der Waals surface area (Å²) in [5.41, 5.74) is 5.71. The van der Waals surface area contributed by atoms with Crippen molar-refractivity contribution < 1.29 is 14.7 Å². The monoisotopic (exact) mass is 350 g/mol. The molecule has 1 aromatic rings. The summed E-state index contributed by atoms with van der Waals surface area (Å²) in [6.07, 6.45) is 9.88. The van der Waals surface area contributed by atoms with Gasteiger partial charge in [-0.25, -0.2) is 9.86 Å². The molecule has 5 bridgehead atoms. The quantitative estimate of drug-likeness (QED) is 0.900. The Balaban J connectivity index is 1.55. The zero-order valence-electron chi connectivity index (χ0n) is 14.6. The van der Waals surface area contributed by atoms with Crippen LogP contribution in [0.3, 0.4) is 0 Å². The second-order valence-corrected chi connectivity index (χ2v) is 7.35. The molecule has 26 heavy (non-hydrogen) atoms. The molecule has 5 nitrogen and oxygen atoms in total. The first-order valence-electron chi connectivity index (χ1n) is 9.39. The number of allylic oxidation sites excluding steroid dienone is 5. The Hall–Kier alpha value is -2.69. The Bertz CT molecular complexity index is 868. The summed E-state index contributed by atoms with van der Waals surface area (Å²) < 4.78 is 0. The molecule has 0 fully saturated rings. The van der Waals surface area contributed by atoms with E-state index < -0.39 is 5.97 Å². The van der Waals surface area contributed by atoms with E-state index >= 15 is 0 Å². The summed E-state index contributed by atoms with van der Waals surface area (Å²) in [6, 6.07) is 7.14. The van der Waals surface area contributed by atoms with Crippen LogP contribution < -0.4 is 4.84 Å². The van der Waals surface area contributed by atoms with Crippen LogP contribution in [-0.4, -0.2) is 40.2 Å². The van der Waals surface area contributed by atoms with Gasteiger partial charge in [0.05, 0.1) is 11.7 Å². The van der Waals surface area contributed by atoms with Crippen LogP contribution >= 0.6 is 0 Å². The van der Waals surface area contributed by atoms with Crippen LogP contribution in [0.2, 0.25) is 0 Å². The largest absolute Gasteiger partial charge is 0.478 e. The molecule has 1 aromatic carbocycles. The van der Waals surface area contributed by atoms with Crippen LogP contribution in [0, 0.1) is 0 Å². The number of carbonyl (C=O) groups is 1. The van der Waals surface area contributed by atoms with Crippen molar-refractivity contribution in [3.05, 3.63) is 64.5 Å². The third-order valence-electron chi connectivity index (χ3n) is 5.83. The smallest absolute Gasteiger partial charge is 0.339 e. The van der Waals surface area contributed by atoms with E-state index in [1.807, 2.05) is 11.1 Å². The van der Waals surface area contributed by atoms with Crippen molar-refractivity contribution in [2.45, 2.75) is 38.1 Å². The highest BCUT2D eigenvalue weighted by molar-refractivity contribution is 5.90. The number of hydrogen-bond donors (Lipinski definition) is 1. The number of benzene rings is 1. The zero-order chi connectivity index (χ0) is 17.7. The molecule has 4 aliphatic rings. The van der Waals surface area contributed by atoms with Gasteiger partial charge in [0.15, 0.2) is 5.75 Å². The third-order valence-corrected chi connectivity index (χ3v) is 5.83. The number of nitrogens with zero attached hydrogens (tertiary/aromatic N) is 2. The van der Waals surface area contributed by atoms with Gasteiger partial charge in [0.1, 0.15) is 5.56 Å². The normalized spacial score (nSPS) is 23.9. The summed E-state index contributed by atoms with van der Waals surface area (Å²) >= 11 is 0. The van der Waals surface area contributed by atoms with Gasteiger partial charge in [-0.3, -0.25) is 0 Å². The van der Waals surface area contributed by atoms with Crippen molar-refractivity contribution in [3.63, 3.8) is 0 Å². The first-order valence-corrected chi connectivity index (χ1v) is 9.39. The fourth-order valence-electron chi connectivity index (χ4n) is 4.68. The van der Waals surface area contributed by atoms with Gasteiger partial charge in [-0.1, -0.05) is 24.3 Å². The number of aromatic carboxylic acids is 1. The van der Waals surface area contributed by atoms with Gasteiger partial charge in [0.2, 0.25) is 0 Å². The van der Waals surface area contributed by atoms with Crippen LogP contribution in [-0.2, 0) is 0 Å². The van der Waals surface area contributed by atoms with Crippen LogP contribution in [0.5, 0.6) is 5.75 Å². The molecule has 3 aliphatic heterocycles. The lowest BCUT2D eigenvalue weighted by Gasteiger charge is -2.40. The van der Waals surface area contributed by atoms with E-state index in [-0.39, 0.29) is 11.6 Å². The van der Waals surface area contributed by atoms with Crippen molar-refractivity contribution in [2.24, 2.45) is 0 Å². The standard InChI is InChI=1S/C21H22N2O3/c24-21(25)16-7-3-4-8-20(16)26-23-14-12-17-15-6-2-1-5-11-22(13-14)18(15)9-10-19(17)23/h2-4,6-8,14H,1,5,9-13H2,(H,24,25). The number of para-hydroxylation sites is 1. The van der Waals surface area contributed by atoms with Gasteiger partial charge in [-0.2, -0.15) is 0 Å². The average molecular weight is 350 g/mol. The fourth-order valence-corrected chi connectivity index (χ4v) is 4.68. The molecule has 5 heteroatoms. The summed E-state index contributed by atoms with van der Waals surface area (Å²) in [7, 11) is 0. The van der Waals surface area contributed by atoms with E-state index in [4.69, 9.17) is 4.84 Å². The second kappa shape index (κ2) is 5.94. The molecule has 134 valence electrons.